The molecule has 7 heteroatoms. The van der Waals surface area contributed by atoms with E-state index in [1.165, 1.54) is 0 Å². The van der Waals surface area contributed by atoms with E-state index in [0.717, 1.165) is 17.8 Å². The van der Waals surface area contributed by atoms with E-state index in [1.807, 2.05) is 35.2 Å². The van der Waals surface area contributed by atoms with Crippen LogP contribution in [0.2, 0.25) is 0 Å². The topological polar surface area (TPSA) is 73.0 Å². The fourth-order valence-electron chi connectivity index (χ4n) is 2.22. The molecule has 0 aliphatic carbocycles. The minimum absolute atomic E-state index is 0.0373. The number of nitrogens with zero attached hydrogens (tertiary/aromatic N) is 3. The molecule has 1 amide bonds. The van der Waals surface area contributed by atoms with Crippen LogP contribution in [0.25, 0.3) is 10.8 Å². The highest BCUT2D eigenvalue weighted by molar-refractivity contribution is 7.13. The zero-order chi connectivity index (χ0) is 16.1. The lowest BCUT2D eigenvalue weighted by Gasteiger charge is -2.04. The van der Waals surface area contributed by atoms with Gasteiger partial charge in [-0.2, -0.15) is 0 Å². The van der Waals surface area contributed by atoms with Crippen LogP contribution in [0, 0.1) is 6.92 Å². The normalized spacial score (nSPS) is 10.8. The van der Waals surface area contributed by atoms with Crippen LogP contribution in [0.3, 0.4) is 0 Å². The summed E-state index contributed by atoms with van der Waals surface area (Å²) in [6, 6.07) is 3.90. The Kier molecular flexibility index (Phi) is 4.87. The van der Waals surface area contributed by atoms with Crippen LogP contribution in [-0.4, -0.2) is 27.0 Å². The van der Waals surface area contributed by atoms with E-state index in [9.17, 15) is 4.79 Å². The number of aryl methyl sites for hydroxylation is 2. The monoisotopic (exact) mass is 330 g/mol. The first kappa shape index (κ1) is 15.5. The van der Waals surface area contributed by atoms with Crippen LogP contribution in [0.4, 0.5) is 0 Å². The Labute approximate surface area is 138 Å². The second-order valence-corrected chi connectivity index (χ2v) is 6.13. The SMILES string of the molecule is Cc1oc(-c2cccs2)nc1CC(=O)NCCCn1ccnc1. The highest BCUT2D eigenvalue weighted by Crippen LogP contribution is 2.25. The van der Waals surface area contributed by atoms with Crippen LogP contribution < -0.4 is 5.32 Å². The first-order valence-electron chi connectivity index (χ1n) is 7.45. The molecule has 0 atom stereocenters. The van der Waals surface area contributed by atoms with Gasteiger partial charge in [-0.1, -0.05) is 6.07 Å². The molecule has 6 nitrogen and oxygen atoms in total. The van der Waals surface area contributed by atoms with Crippen molar-refractivity contribution in [1.29, 1.82) is 0 Å². The van der Waals surface area contributed by atoms with E-state index in [-0.39, 0.29) is 12.3 Å². The molecule has 0 fully saturated rings. The van der Waals surface area contributed by atoms with Gasteiger partial charge in [0.2, 0.25) is 11.8 Å². The molecule has 0 spiro atoms. The molecule has 120 valence electrons. The Bertz CT molecular complexity index is 747. The molecule has 23 heavy (non-hydrogen) atoms. The number of nitrogens with one attached hydrogen (secondary N) is 1. The van der Waals surface area contributed by atoms with Crippen molar-refractivity contribution in [2.24, 2.45) is 0 Å². The van der Waals surface area contributed by atoms with Crippen molar-refractivity contribution in [1.82, 2.24) is 19.9 Å². The Morgan fingerprint density at radius 2 is 2.39 bits per heavy atom. The summed E-state index contributed by atoms with van der Waals surface area (Å²) in [7, 11) is 0. The Hall–Kier alpha value is -2.41. The summed E-state index contributed by atoms with van der Waals surface area (Å²) < 4.78 is 7.63. The number of rotatable bonds is 7. The van der Waals surface area contributed by atoms with Gasteiger partial charge in [0.1, 0.15) is 5.76 Å². The minimum atomic E-state index is -0.0373. The van der Waals surface area contributed by atoms with Crippen molar-refractivity contribution >= 4 is 17.2 Å². The number of aromatic nitrogens is 3. The van der Waals surface area contributed by atoms with Gasteiger partial charge in [0, 0.05) is 25.5 Å². The van der Waals surface area contributed by atoms with Gasteiger partial charge < -0.3 is 14.3 Å². The maximum absolute atomic E-state index is 12.0. The minimum Gasteiger partial charge on any atom is -0.440 e. The maximum Gasteiger partial charge on any atom is 0.236 e. The summed E-state index contributed by atoms with van der Waals surface area (Å²) in [5.74, 6) is 1.24. The largest absolute Gasteiger partial charge is 0.440 e. The summed E-state index contributed by atoms with van der Waals surface area (Å²) in [6.45, 7) is 3.31. The first-order valence-corrected chi connectivity index (χ1v) is 8.33. The Morgan fingerprint density at radius 3 is 3.13 bits per heavy atom. The molecule has 0 saturated heterocycles. The number of imidazole rings is 1. The van der Waals surface area contributed by atoms with Crippen molar-refractivity contribution in [3.63, 3.8) is 0 Å². The molecule has 0 saturated carbocycles. The van der Waals surface area contributed by atoms with E-state index in [1.54, 1.807) is 23.9 Å². The van der Waals surface area contributed by atoms with Gasteiger partial charge in [-0.05, 0) is 24.8 Å². The van der Waals surface area contributed by atoms with E-state index in [0.29, 0.717) is 23.9 Å². The van der Waals surface area contributed by atoms with Crippen molar-refractivity contribution < 1.29 is 9.21 Å². The number of carbonyl (C=O) groups excluding carboxylic acids is 1. The fraction of sp³-hybridized carbons (Fsp3) is 0.312. The number of hydrogen-bond donors (Lipinski definition) is 1. The molecule has 0 aliphatic heterocycles. The van der Waals surface area contributed by atoms with Gasteiger partial charge in [0.25, 0.3) is 0 Å². The van der Waals surface area contributed by atoms with Crippen molar-refractivity contribution in [3.05, 3.63) is 47.7 Å². The molecule has 3 heterocycles. The van der Waals surface area contributed by atoms with Crippen LogP contribution >= 0.6 is 11.3 Å². The quantitative estimate of drug-likeness (QED) is 0.676. The van der Waals surface area contributed by atoms with Crippen LogP contribution in [0.15, 0.2) is 40.7 Å². The molecule has 3 rings (SSSR count). The third-order valence-corrected chi connectivity index (χ3v) is 4.28. The second-order valence-electron chi connectivity index (χ2n) is 5.18. The number of oxazole rings is 1. The fourth-order valence-corrected chi connectivity index (χ4v) is 2.87. The second kappa shape index (κ2) is 7.23. The molecule has 0 radical (unpaired) electrons. The van der Waals surface area contributed by atoms with Crippen molar-refractivity contribution in [2.45, 2.75) is 26.3 Å². The predicted molar refractivity (Wildman–Crippen MR) is 88.1 cm³/mol. The molecule has 0 bridgehead atoms. The molecule has 0 aliphatic rings. The van der Waals surface area contributed by atoms with Crippen LogP contribution in [0.1, 0.15) is 17.9 Å². The van der Waals surface area contributed by atoms with Gasteiger partial charge in [-0.25, -0.2) is 9.97 Å². The molecular weight excluding hydrogens is 312 g/mol. The van der Waals surface area contributed by atoms with E-state index in [4.69, 9.17) is 4.42 Å². The number of amides is 1. The maximum atomic E-state index is 12.0. The highest BCUT2D eigenvalue weighted by atomic mass is 32.1. The summed E-state index contributed by atoms with van der Waals surface area (Å²) in [6.07, 6.45) is 6.53. The molecular formula is C16H18N4O2S. The smallest absolute Gasteiger partial charge is 0.236 e. The predicted octanol–water partition coefficient (Wildman–Crippen LogP) is 2.66. The molecule has 0 unspecified atom stereocenters. The highest BCUT2D eigenvalue weighted by Gasteiger charge is 2.14. The molecule has 3 aromatic rings. The summed E-state index contributed by atoms with van der Waals surface area (Å²) in [5, 5.41) is 4.89. The molecule has 0 aromatic carbocycles. The lowest BCUT2D eigenvalue weighted by Crippen LogP contribution is -2.27. The number of hydrogen-bond acceptors (Lipinski definition) is 5. The molecule has 3 aromatic heterocycles. The first-order chi connectivity index (χ1) is 11.2. The standard InChI is InChI=1S/C16H18N4O2S/c1-12-13(19-16(22-12)14-4-2-9-23-14)10-15(21)18-5-3-7-20-8-6-17-11-20/h2,4,6,8-9,11H,3,5,7,10H2,1H3,(H,18,21). The zero-order valence-electron chi connectivity index (χ0n) is 12.9. The Morgan fingerprint density at radius 1 is 1.48 bits per heavy atom. The van der Waals surface area contributed by atoms with Gasteiger partial charge in [-0.3, -0.25) is 4.79 Å². The lowest BCUT2D eigenvalue weighted by molar-refractivity contribution is -0.120. The third kappa shape index (κ3) is 4.07. The van der Waals surface area contributed by atoms with Gasteiger partial charge in [0.15, 0.2) is 0 Å². The summed E-state index contributed by atoms with van der Waals surface area (Å²) >= 11 is 1.57. The van der Waals surface area contributed by atoms with Gasteiger partial charge in [0.05, 0.1) is 23.3 Å². The summed E-state index contributed by atoms with van der Waals surface area (Å²) in [4.78, 5) is 21.4. The van der Waals surface area contributed by atoms with Crippen molar-refractivity contribution in [3.8, 4) is 10.8 Å². The third-order valence-electron chi connectivity index (χ3n) is 3.43. The number of carbonyl (C=O) groups is 1. The van der Waals surface area contributed by atoms with Gasteiger partial charge in [-0.15, -0.1) is 11.3 Å². The zero-order valence-corrected chi connectivity index (χ0v) is 13.7. The molecule has 1 N–H and O–H groups in total. The lowest BCUT2D eigenvalue weighted by atomic mass is 10.2. The average Bonchev–Trinajstić information content (AvgIpc) is 3.26. The Balaban J connectivity index is 1.48. The van der Waals surface area contributed by atoms with Gasteiger partial charge >= 0.3 is 0 Å². The van der Waals surface area contributed by atoms with Crippen molar-refractivity contribution in [2.75, 3.05) is 6.54 Å². The van der Waals surface area contributed by atoms with Crippen LogP contribution in [-0.2, 0) is 17.8 Å². The van der Waals surface area contributed by atoms with E-state index < -0.39 is 0 Å². The van der Waals surface area contributed by atoms with Crippen LogP contribution in [0.5, 0.6) is 0 Å². The average molecular weight is 330 g/mol. The number of thiophene rings is 1. The summed E-state index contributed by atoms with van der Waals surface area (Å²) in [5.41, 5.74) is 0.695. The van der Waals surface area contributed by atoms with E-state index in [2.05, 4.69) is 15.3 Å². The van der Waals surface area contributed by atoms with E-state index >= 15 is 0 Å².